The summed E-state index contributed by atoms with van der Waals surface area (Å²) >= 11 is 5.29. The van der Waals surface area contributed by atoms with E-state index in [0.717, 1.165) is 12.8 Å². The lowest BCUT2D eigenvalue weighted by molar-refractivity contribution is 0.0587. The molecule has 2 nitrogen and oxygen atoms in total. The number of thiophene rings is 1. The summed E-state index contributed by atoms with van der Waals surface area (Å²) in [5.74, 6) is 0. The van der Waals surface area contributed by atoms with Gasteiger partial charge in [0.1, 0.15) is 0 Å². The van der Waals surface area contributed by atoms with Crippen LogP contribution in [0.15, 0.2) is 15.9 Å². The lowest BCUT2D eigenvalue weighted by atomic mass is 9.89. The monoisotopic (exact) mass is 275 g/mol. The number of aliphatic hydroxyl groups excluding tert-OH is 1. The first-order valence-electron chi connectivity index (χ1n) is 4.84. The normalized spacial score (nSPS) is 28.5. The molecule has 1 aromatic heterocycles. The number of halogens is 1. The standard InChI is InChI=1S/C10H14BrNOS/c1-6(10-9(11)2-3-14-10)12-7-4-8(13)5-7/h2-3,6-8,12-13H,4-5H2,1H3. The fraction of sp³-hybridized carbons (Fsp3) is 0.600. The van der Waals surface area contributed by atoms with Crippen LogP contribution in [0.1, 0.15) is 30.7 Å². The molecule has 0 bridgehead atoms. The van der Waals surface area contributed by atoms with Gasteiger partial charge in [0.25, 0.3) is 0 Å². The van der Waals surface area contributed by atoms with Crippen LogP contribution in [0.2, 0.25) is 0 Å². The third kappa shape index (κ3) is 2.19. The number of hydrogen-bond acceptors (Lipinski definition) is 3. The fourth-order valence-corrected chi connectivity index (χ4v) is 3.50. The van der Waals surface area contributed by atoms with E-state index in [1.54, 1.807) is 11.3 Å². The van der Waals surface area contributed by atoms with Gasteiger partial charge in [-0.3, -0.25) is 0 Å². The van der Waals surface area contributed by atoms with E-state index in [2.05, 4.69) is 39.6 Å². The Morgan fingerprint density at radius 1 is 1.64 bits per heavy atom. The zero-order valence-electron chi connectivity index (χ0n) is 8.03. The van der Waals surface area contributed by atoms with Gasteiger partial charge in [0.2, 0.25) is 0 Å². The van der Waals surface area contributed by atoms with Gasteiger partial charge in [0.05, 0.1) is 6.10 Å². The number of hydrogen-bond donors (Lipinski definition) is 2. The van der Waals surface area contributed by atoms with Crippen LogP contribution in [0, 0.1) is 0 Å². The minimum Gasteiger partial charge on any atom is -0.393 e. The van der Waals surface area contributed by atoms with Crippen LogP contribution >= 0.6 is 27.3 Å². The lowest BCUT2D eigenvalue weighted by Gasteiger charge is -2.34. The van der Waals surface area contributed by atoms with Gasteiger partial charge in [-0.05, 0) is 47.1 Å². The highest BCUT2D eigenvalue weighted by atomic mass is 79.9. The van der Waals surface area contributed by atoms with Crippen molar-refractivity contribution in [2.24, 2.45) is 0 Å². The summed E-state index contributed by atoms with van der Waals surface area (Å²) in [4.78, 5) is 1.34. The van der Waals surface area contributed by atoms with Crippen LogP contribution in [0.5, 0.6) is 0 Å². The Labute approximate surface area is 96.5 Å². The molecule has 78 valence electrons. The van der Waals surface area contributed by atoms with Crippen LogP contribution in [0.25, 0.3) is 0 Å². The van der Waals surface area contributed by atoms with Gasteiger partial charge >= 0.3 is 0 Å². The minimum absolute atomic E-state index is 0.0773. The van der Waals surface area contributed by atoms with Crippen LogP contribution in [0.3, 0.4) is 0 Å². The van der Waals surface area contributed by atoms with Crippen molar-refractivity contribution in [3.63, 3.8) is 0 Å². The van der Waals surface area contributed by atoms with Crippen molar-refractivity contribution in [3.05, 3.63) is 20.8 Å². The molecule has 0 aromatic carbocycles. The maximum absolute atomic E-state index is 9.17. The van der Waals surface area contributed by atoms with Crippen molar-refractivity contribution < 1.29 is 5.11 Å². The Hall–Kier alpha value is 0.100. The van der Waals surface area contributed by atoms with E-state index >= 15 is 0 Å². The zero-order valence-corrected chi connectivity index (χ0v) is 10.4. The van der Waals surface area contributed by atoms with E-state index in [9.17, 15) is 0 Å². The highest BCUT2D eigenvalue weighted by Crippen LogP contribution is 2.31. The summed E-state index contributed by atoms with van der Waals surface area (Å²) in [5.41, 5.74) is 0. The van der Waals surface area contributed by atoms with Gasteiger partial charge < -0.3 is 10.4 Å². The zero-order chi connectivity index (χ0) is 10.1. The van der Waals surface area contributed by atoms with E-state index < -0.39 is 0 Å². The molecule has 0 saturated heterocycles. The summed E-state index contributed by atoms with van der Waals surface area (Å²) in [5, 5.41) is 14.8. The maximum Gasteiger partial charge on any atom is 0.0570 e. The molecule has 1 atom stereocenters. The number of rotatable bonds is 3. The Morgan fingerprint density at radius 3 is 2.86 bits per heavy atom. The summed E-state index contributed by atoms with van der Waals surface area (Å²) < 4.78 is 1.18. The van der Waals surface area contributed by atoms with Gasteiger partial charge in [0.15, 0.2) is 0 Å². The summed E-state index contributed by atoms with van der Waals surface area (Å²) in [6, 6.07) is 2.95. The minimum atomic E-state index is -0.0773. The van der Waals surface area contributed by atoms with Crippen LogP contribution in [0.4, 0.5) is 0 Å². The predicted octanol–water partition coefficient (Wildman–Crippen LogP) is 2.68. The average molecular weight is 276 g/mol. The molecule has 1 aliphatic rings. The molecule has 4 heteroatoms. The molecular formula is C10H14BrNOS. The second-order valence-corrected chi connectivity index (χ2v) is 5.65. The van der Waals surface area contributed by atoms with Crippen molar-refractivity contribution in [2.75, 3.05) is 0 Å². The highest BCUT2D eigenvalue weighted by molar-refractivity contribution is 9.10. The molecule has 2 rings (SSSR count). The first kappa shape index (κ1) is 10.6. The van der Waals surface area contributed by atoms with Crippen LogP contribution in [-0.2, 0) is 0 Å². The number of nitrogens with one attached hydrogen (secondary N) is 1. The summed E-state index contributed by atoms with van der Waals surface area (Å²) in [6.45, 7) is 2.17. The molecule has 1 saturated carbocycles. The topological polar surface area (TPSA) is 32.3 Å². The van der Waals surface area contributed by atoms with Crippen LogP contribution in [-0.4, -0.2) is 17.3 Å². The third-order valence-electron chi connectivity index (χ3n) is 2.64. The molecule has 0 amide bonds. The van der Waals surface area contributed by atoms with Crippen LogP contribution < -0.4 is 5.32 Å². The van der Waals surface area contributed by atoms with E-state index in [-0.39, 0.29) is 6.10 Å². The third-order valence-corrected chi connectivity index (χ3v) is 4.69. The largest absolute Gasteiger partial charge is 0.393 e. The van der Waals surface area contributed by atoms with E-state index in [4.69, 9.17) is 5.11 Å². The Bertz CT molecular complexity index is 309. The SMILES string of the molecule is CC(NC1CC(O)C1)c1sccc1Br. The maximum atomic E-state index is 9.17. The van der Waals surface area contributed by atoms with Gasteiger partial charge in [-0.25, -0.2) is 0 Å². The van der Waals surface area contributed by atoms with Gasteiger partial charge in [0, 0.05) is 21.4 Å². The molecule has 1 aliphatic carbocycles. The van der Waals surface area contributed by atoms with Gasteiger partial charge in [-0.1, -0.05) is 0 Å². The highest BCUT2D eigenvalue weighted by Gasteiger charge is 2.28. The van der Waals surface area contributed by atoms with E-state index in [1.165, 1.54) is 9.35 Å². The Balaban J connectivity index is 1.90. The Kier molecular flexibility index (Phi) is 3.27. The molecule has 1 unspecified atom stereocenters. The predicted molar refractivity (Wildman–Crippen MR) is 62.6 cm³/mol. The second-order valence-electron chi connectivity index (χ2n) is 3.84. The summed E-state index contributed by atoms with van der Waals surface area (Å²) in [6.07, 6.45) is 1.71. The van der Waals surface area contributed by atoms with Crippen molar-refractivity contribution in [1.82, 2.24) is 5.32 Å². The molecule has 1 fully saturated rings. The lowest BCUT2D eigenvalue weighted by Crippen LogP contribution is -2.44. The molecule has 0 aliphatic heterocycles. The quantitative estimate of drug-likeness (QED) is 0.889. The molecular weight excluding hydrogens is 262 g/mol. The molecule has 2 N–H and O–H groups in total. The first-order valence-corrected chi connectivity index (χ1v) is 6.51. The average Bonchev–Trinajstić information content (AvgIpc) is 2.48. The van der Waals surface area contributed by atoms with E-state index in [0.29, 0.717) is 12.1 Å². The molecule has 1 heterocycles. The Morgan fingerprint density at radius 2 is 2.36 bits per heavy atom. The van der Waals surface area contributed by atoms with Crippen molar-refractivity contribution in [3.8, 4) is 0 Å². The van der Waals surface area contributed by atoms with Crippen molar-refractivity contribution in [2.45, 2.75) is 38.0 Å². The van der Waals surface area contributed by atoms with Crippen molar-refractivity contribution >= 4 is 27.3 Å². The molecule has 0 radical (unpaired) electrons. The molecule has 0 spiro atoms. The van der Waals surface area contributed by atoms with Gasteiger partial charge in [-0.2, -0.15) is 0 Å². The molecule has 14 heavy (non-hydrogen) atoms. The van der Waals surface area contributed by atoms with Crippen molar-refractivity contribution in [1.29, 1.82) is 0 Å². The first-order chi connectivity index (χ1) is 6.66. The molecule has 1 aromatic rings. The number of aliphatic hydroxyl groups is 1. The second kappa shape index (κ2) is 4.31. The van der Waals surface area contributed by atoms with Gasteiger partial charge in [-0.15, -0.1) is 11.3 Å². The smallest absolute Gasteiger partial charge is 0.0570 e. The fourth-order valence-electron chi connectivity index (χ4n) is 1.77. The van der Waals surface area contributed by atoms with E-state index in [1.807, 2.05) is 0 Å². The summed E-state index contributed by atoms with van der Waals surface area (Å²) in [7, 11) is 0.